The summed E-state index contributed by atoms with van der Waals surface area (Å²) in [5, 5.41) is 10.1. The second-order valence-corrected chi connectivity index (χ2v) is 12.1. The normalized spacial score (nSPS) is 30.5. The van der Waals surface area contributed by atoms with Crippen LogP contribution in [0.5, 0.6) is 0 Å². The van der Waals surface area contributed by atoms with Gasteiger partial charge in [-0.25, -0.2) is 9.59 Å². The standard InChI is InChI=1S/C13H23NO6.C13H21NO6/c2*1-12(2,3)20-11(16)14-6-8(15)9-10(14)13(17-4,18-5)7-19-9/h8-10,15H,6-7H2,1-5H3;9-10H,6-7H2,1-5H3/t8-,9-,10+;9-,10+/m11/s1. The van der Waals surface area contributed by atoms with Crippen LogP contribution >= 0.6 is 0 Å². The van der Waals surface area contributed by atoms with Gasteiger partial charge in [0.25, 0.3) is 0 Å². The number of likely N-dealkylation sites (tertiary alicyclic amines) is 2. The van der Waals surface area contributed by atoms with Gasteiger partial charge in [-0.3, -0.25) is 14.6 Å². The van der Waals surface area contributed by atoms with Crippen molar-refractivity contribution in [1.82, 2.24) is 9.80 Å². The Morgan fingerprint density at radius 3 is 1.73 bits per heavy atom. The van der Waals surface area contributed by atoms with Crippen LogP contribution in [0.1, 0.15) is 41.5 Å². The highest BCUT2D eigenvalue weighted by atomic mass is 16.7. The Kier molecular flexibility index (Phi) is 9.46. The molecule has 40 heavy (non-hydrogen) atoms. The maximum Gasteiger partial charge on any atom is 0.411 e. The summed E-state index contributed by atoms with van der Waals surface area (Å²) in [7, 11) is 5.91. The fourth-order valence-corrected chi connectivity index (χ4v) is 5.33. The van der Waals surface area contributed by atoms with Gasteiger partial charge in [0, 0.05) is 28.4 Å². The summed E-state index contributed by atoms with van der Waals surface area (Å²) in [5.74, 6) is -2.37. The van der Waals surface area contributed by atoms with E-state index in [0.717, 1.165) is 0 Å². The van der Waals surface area contributed by atoms with Gasteiger partial charge >= 0.3 is 12.2 Å². The number of ketones is 1. The zero-order chi connectivity index (χ0) is 30.3. The third kappa shape index (κ3) is 6.22. The first-order valence-electron chi connectivity index (χ1n) is 13.1. The molecular formula is C26H44N2O12. The molecule has 4 aliphatic rings. The molecule has 0 aromatic rings. The first-order valence-corrected chi connectivity index (χ1v) is 13.1. The van der Waals surface area contributed by atoms with Crippen molar-refractivity contribution in [2.24, 2.45) is 0 Å². The molecular weight excluding hydrogens is 532 g/mol. The molecule has 0 aliphatic carbocycles. The third-order valence-corrected chi connectivity index (χ3v) is 7.16. The number of hydrogen-bond acceptors (Lipinski definition) is 12. The van der Waals surface area contributed by atoms with Crippen LogP contribution in [0.4, 0.5) is 9.59 Å². The van der Waals surface area contributed by atoms with Gasteiger partial charge in [-0.1, -0.05) is 0 Å². The number of methoxy groups -OCH3 is 4. The number of β-amino-alcohol motifs (C(OH)–C–C–N with tert-alkyl or cyclic N) is 1. The minimum atomic E-state index is -1.13. The minimum Gasteiger partial charge on any atom is -0.444 e. The van der Waals surface area contributed by atoms with Gasteiger partial charge in [-0.2, -0.15) is 0 Å². The Morgan fingerprint density at radius 1 is 0.800 bits per heavy atom. The Morgan fingerprint density at radius 2 is 1.25 bits per heavy atom. The molecule has 0 radical (unpaired) electrons. The molecule has 2 amide bonds. The first-order chi connectivity index (χ1) is 18.5. The van der Waals surface area contributed by atoms with Gasteiger partial charge in [-0.15, -0.1) is 0 Å². The Labute approximate surface area is 235 Å². The van der Waals surface area contributed by atoms with E-state index in [0.29, 0.717) is 0 Å². The van der Waals surface area contributed by atoms with E-state index in [1.807, 2.05) is 0 Å². The van der Waals surface area contributed by atoms with Crippen molar-refractivity contribution in [2.75, 3.05) is 54.7 Å². The highest BCUT2D eigenvalue weighted by Gasteiger charge is 2.63. The number of carbonyl (C=O) groups is 3. The van der Waals surface area contributed by atoms with E-state index in [4.69, 9.17) is 37.9 Å². The molecule has 14 heteroatoms. The van der Waals surface area contributed by atoms with Crippen molar-refractivity contribution >= 4 is 18.0 Å². The van der Waals surface area contributed by atoms with Crippen LogP contribution in [0.25, 0.3) is 0 Å². The lowest BCUT2D eigenvalue weighted by atomic mass is 10.0. The zero-order valence-electron chi connectivity index (χ0n) is 25.0. The molecule has 4 aliphatic heterocycles. The zero-order valence-corrected chi connectivity index (χ0v) is 25.0. The number of nitrogens with zero attached hydrogens (tertiary/aromatic N) is 2. The fourth-order valence-electron chi connectivity index (χ4n) is 5.33. The van der Waals surface area contributed by atoms with Crippen LogP contribution in [-0.4, -0.2) is 141 Å². The second kappa shape index (κ2) is 11.7. The van der Waals surface area contributed by atoms with Crippen molar-refractivity contribution in [3.8, 4) is 0 Å². The van der Waals surface area contributed by atoms with Crippen molar-refractivity contribution in [3.05, 3.63) is 0 Å². The lowest BCUT2D eigenvalue weighted by molar-refractivity contribution is -0.225. The highest BCUT2D eigenvalue weighted by Crippen LogP contribution is 2.40. The first kappa shape index (κ1) is 32.4. The van der Waals surface area contributed by atoms with Gasteiger partial charge in [0.2, 0.25) is 11.6 Å². The Bertz CT molecular complexity index is 937. The van der Waals surface area contributed by atoms with Crippen molar-refractivity contribution in [3.63, 3.8) is 0 Å². The number of hydrogen-bond donors (Lipinski definition) is 1. The molecule has 1 N–H and O–H groups in total. The van der Waals surface area contributed by atoms with E-state index >= 15 is 0 Å². The number of amides is 2. The van der Waals surface area contributed by atoms with E-state index in [9.17, 15) is 19.5 Å². The summed E-state index contributed by atoms with van der Waals surface area (Å²) in [4.78, 5) is 39.3. The Hall–Kier alpha value is -2.07. The predicted molar refractivity (Wildman–Crippen MR) is 137 cm³/mol. The third-order valence-electron chi connectivity index (χ3n) is 7.16. The molecule has 14 nitrogen and oxygen atoms in total. The topological polar surface area (TPSA) is 152 Å². The molecule has 4 fully saturated rings. The smallest absolute Gasteiger partial charge is 0.411 e. The summed E-state index contributed by atoms with van der Waals surface area (Å²) in [5.41, 5.74) is -1.25. The van der Waals surface area contributed by atoms with Crippen molar-refractivity contribution in [2.45, 2.75) is 94.7 Å². The quantitative estimate of drug-likeness (QED) is 0.474. The maximum absolute atomic E-state index is 12.3. The van der Waals surface area contributed by atoms with E-state index in [2.05, 4.69) is 0 Å². The lowest BCUT2D eigenvalue weighted by Gasteiger charge is -2.36. The fraction of sp³-hybridized carbons (Fsp3) is 0.885. The minimum absolute atomic E-state index is 0.0568. The largest absolute Gasteiger partial charge is 0.444 e. The molecule has 0 unspecified atom stereocenters. The molecule has 0 aromatic carbocycles. The van der Waals surface area contributed by atoms with Crippen LogP contribution in [0, 0.1) is 0 Å². The number of aliphatic hydroxyl groups excluding tert-OH is 1. The number of aliphatic hydroxyl groups is 1. The van der Waals surface area contributed by atoms with Gasteiger partial charge in [0.05, 0.1) is 13.1 Å². The summed E-state index contributed by atoms with van der Waals surface area (Å²) < 4.78 is 43.3. The monoisotopic (exact) mass is 576 g/mol. The lowest BCUT2D eigenvalue weighted by Crippen LogP contribution is -2.55. The SMILES string of the molecule is COC1(OC)CO[C@@H]2C(=O)CN(C(=O)OC(C)(C)C)[C@@H]21.COC1(OC)CO[C@@H]2[C@H](O)CN(C(=O)OC(C)(C)C)[C@@H]21. The molecule has 4 saturated heterocycles. The van der Waals surface area contributed by atoms with E-state index in [1.54, 1.807) is 41.5 Å². The van der Waals surface area contributed by atoms with Gasteiger partial charge in [-0.05, 0) is 41.5 Å². The maximum atomic E-state index is 12.3. The molecule has 0 aromatic heterocycles. The molecule has 4 rings (SSSR count). The van der Waals surface area contributed by atoms with Crippen molar-refractivity contribution in [1.29, 1.82) is 0 Å². The van der Waals surface area contributed by atoms with Crippen LogP contribution in [-0.2, 0) is 42.7 Å². The van der Waals surface area contributed by atoms with Crippen LogP contribution in [0.3, 0.4) is 0 Å². The summed E-state index contributed by atoms with van der Waals surface area (Å²) in [6.45, 7) is 11.0. The van der Waals surface area contributed by atoms with E-state index in [1.165, 1.54) is 38.2 Å². The number of fused-ring (bicyclic) bond motifs is 2. The van der Waals surface area contributed by atoms with E-state index in [-0.39, 0.29) is 32.1 Å². The van der Waals surface area contributed by atoms with Crippen LogP contribution in [0.15, 0.2) is 0 Å². The van der Waals surface area contributed by atoms with Crippen LogP contribution in [0.2, 0.25) is 0 Å². The van der Waals surface area contributed by atoms with E-state index < -0.39 is 65.4 Å². The number of carbonyl (C=O) groups excluding carboxylic acids is 3. The average molecular weight is 577 g/mol. The number of rotatable bonds is 4. The van der Waals surface area contributed by atoms with Gasteiger partial charge in [0.1, 0.15) is 54.8 Å². The molecule has 230 valence electrons. The summed E-state index contributed by atoms with van der Waals surface area (Å²) >= 11 is 0. The molecule has 0 spiro atoms. The average Bonchev–Trinajstić information content (AvgIpc) is 3.59. The summed E-state index contributed by atoms with van der Waals surface area (Å²) in [6, 6.07) is -1.15. The molecule has 5 atom stereocenters. The number of Topliss-reactive ketones (excluding diaryl/α,β-unsaturated/α-hetero) is 1. The molecule has 4 heterocycles. The van der Waals surface area contributed by atoms with Crippen LogP contribution < -0.4 is 0 Å². The molecule has 0 bridgehead atoms. The second-order valence-electron chi connectivity index (χ2n) is 12.1. The number of ether oxygens (including phenoxy) is 8. The Balaban J connectivity index is 0.000000220. The summed E-state index contributed by atoms with van der Waals surface area (Å²) in [6.07, 6.45) is -3.10. The highest BCUT2D eigenvalue weighted by molar-refractivity contribution is 5.92. The van der Waals surface area contributed by atoms with Crippen molar-refractivity contribution < 1.29 is 57.4 Å². The van der Waals surface area contributed by atoms with Gasteiger partial charge in [0.15, 0.2) is 5.78 Å². The molecule has 0 saturated carbocycles. The van der Waals surface area contributed by atoms with Gasteiger partial charge < -0.3 is 43.0 Å². The predicted octanol–water partition coefficient (Wildman–Crippen LogP) is 0.917.